The standard InChI is InChI=1S/C20H24O2S4/c1-21-17-9-5-15(6-10-17)19(23-3)20(24-4,26-14-13-25-19)16-7-11-18(22-2)12-8-16/h5-12H,13-14H2,1-4H3/t19-,20+. The van der Waals surface area contributed by atoms with Crippen LogP contribution in [0.5, 0.6) is 11.5 Å². The zero-order valence-electron chi connectivity index (χ0n) is 15.5. The number of hydrogen-bond donors (Lipinski definition) is 0. The van der Waals surface area contributed by atoms with Gasteiger partial charge in [0, 0.05) is 11.5 Å². The molecule has 0 saturated carbocycles. The fourth-order valence-corrected chi connectivity index (χ4v) is 10.5. The highest BCUT2D eigenvalue weighted by Gasteiger charge is 2.56. The molecule has 0 spiro atoms. The van der Waals surface area contributed by atoms with E-state index in [1.165, 1.54) is 11.1 Å². The lowest BCUT2D eigenvalue weighted by Crippen LogP contribution is -2.43. The Bertz CT molecular complexity index is 656. The molecule has 0 unspecified atom stereocenters. The summed E-state index contributed by atoms with van der Waals surface area (Å²) in [7, 11) is 3.43. The molecule has 1 aliphatic rings. The summed E-state index contributed by atoms with van der Waals surface area (Å²) in [6.07, 6.45) is 4.47. The van der Waals surface area contributed by atoms with Gasteiger partial charge in [0.15, 0.2) is 0 Å². The van der Waals surface area contributed by atoms with Crippen LogP contribution >= 0.6 is 47.0 Å². The monoisotopic (exact) mass is 424 g/mol. The second-order valence-corrected chi connectivity index (χ2v) is 11.0. The second-order valence-electron chi connectivity index (χ2n) is 5.80. The van der Waals surface area contributed by atoms with E-state index in [-0.39, 0.29) is 8.16 Å². The molecule has 2 aromatic carbocycles. The highest BCUT2D eigenvalue weighted by atomic mass is 32.2. The SMILES string of the molecule is COc1ccc([C@]2(SC)SCCS[C@]2(SC)c2ccc(OC)cc2)cc1. The largest absolute Gasteiger partial charge is 0.497 e. The van der Waals surface area contributed by atoms with Crippen LogP contribution in [0.15, 0.2) is 48.5 Å². The average Bonchev–Trinajstić information content (AvgIpc) is 2.73. The summed E-state index contributed by atoms with van der Waals surface area (Å²) >= 11 is 8.02. The average molecular weight is 425 g/mol. The molecular weight excluding hydrogens is 400 g/mol. The van der Waals surface area contributed by atoms with Crippen molar-refractivity contribution < 1.29 is 9.47 Å². The van der Waals surface area contributed by atoms with E-state index in [9.17, 15) is 0 Å². The van der Waals surface area contributed by atoms with Crippen LogP contribution in [0.4, 0.5) is 0 Å². The van der Waals surface area contributed by atoms with Gasteiger partial charge in [-0.3, -0.25) is 0 Å². The third kappa shape index (κ3) is 3.34. The number of thioether (sulfide) groups is 4. The first-order chi connectivity index (χ1) is 12.7. The maximum atomic E-state index is 5.37. The normalized spacial score (nSPS) is 25.7. The minimum atomic E-state index is -0.0732. The van der Waals surface area contributed by atoms with Crippen LogP contribution in [-0.4, -0.2) is 38.2 Å². The fourth-order valence-electron chi connectivity index (χ4n) is 3.35. The van der Waals surface area contributed by atoms with E-state index in [1.54, 1.807) is 14.2 Å². The van der Waals surface area contributed by atoms with Crippen LogP contribution in [-0.2, 0) is 8.16 Å². The van der Waals surface area contributed by atoms with E-state index in [0.717, 1.165) is 23.0 Å². The van der Waals surface area contributed by atoms with Crippen molar-refractivity contribution in [2.75, 3.05) is 38.2 Å². The molecule has 0 aromatic heterocycles. The maximum absolute atomic E-state index is 5.37. The molecule has 1 fully saturated rings. The molecule has 0 bridgehead atoms. The number of hydrogen-bond acceptors (Lipinski definition) is 6. The van der Waals surface area contributed by atoms with Gasteiger partial charge in [0.1, 0.15) is 19.7 Å². The summed E-state index contributed by atoms with van der Waals surface area (Å²) in [5.41, 5.74) is 2.68. The van der Waals surface area contributed by atoms with Crippen LogP contribution in [0.3, 0.4) is 0 Å². The number of methoxy groups -OCH3 is 2. The molecule has 2 nitrogen and oxygen atoms in total. The van der Waals surface area contributed by atoms with E-state index in [2.05, 4.69) is 84.6 Å². The first-order valence-corrected chi connectivity index (χ1v) is 12.7. The van der Waals surface area contributed by atoms with E-state index >= 15 is 0 Å². The first kappa shape index (κ1) is 20.2. The molecule has 140 valence electrons. The quantitative estimate of drug-likeness (QED) is 0.569. The van der Waals surface area contributed by atoms with Crippen LogP contribution in [0, 0.1) is 0 Å². The zero-order chi connectivity index (χ0) is 18.6. The van der Waals surface area contributed by atoms with Gasteiger partial charge in [0.25, 0.3) is 0 Å². The topological polar surface area (TPSA) is 18.5 Å². The van der Waals surface area contributed by atoms with Crippen molar-refractivity contribution in [2.45, 2.75) is 8.16 Å². The van der Waals surface area contributed by atoms with E-state index in [1.807, 2.05) is 23.5 Å². The van der Waals surface area contributed by atoms with Crippen LogP contribution < -0.4 is 9.47 Å². The number of benzene rings is 2. The molecule has 6 heteroatoms. The summed E-state index contributed by atoms with van der Waals surface area (Å²) in [6, 6.07) is 17.2. The second kappa shape index (κ2) is 8.63. The molecule has 1 heterocycles. The van der Waals surface area contributed by atoms with E-state index in [0.29, 0.717) is 0 Å². The van der Waals surface area contributed by atoms with Gasteiger partial charge in [-0.15, -0.1) is 47.0 Å². The zero-order valence-corrected chi connectivity index (χ0v) is 18.7. The van der Waals surface area contributed by atoms with E-state index < -0.39 is 0 Å². The Morgan fingerprint density at radius 2 is 1.04 bits per heavy atom. The van der Waals surface area contributed by atoms with E-state index in [4.69, 9.17) is 9.47 Å². The van der Waals surface area contributed by atoms with Crippen molar-refractivity contribution in [3.63, 3.8) is 0 Å². The highest BCUT2D eigenvalue weighted by molar-refractivity contribution is 8.25. The lowest BCUT2D eigenvalue weighted by molar-refractivity contribution is 0.414. The molecule has 0 aliphatic carbocycles. The smallest absolute Gasteiger partial charge is 0.118 e. The predicted octanol–water partition coefficient (Wildman–Crippen LogP) is 5.92. The maximum Gasteiger partial charge on any atom is 0.118 e. The van der Waals surface area contributed by atoms with Crippen molar-refractivity contribution in [3.8, 4) is 11.5 Å². The summed E-state index contributed by atoms with van der Waals surface area (Å²) in [6.45, 7) is 0. The third-order valence-electron chi connectivity index (χ3n) is 4.64. The Kier molecular flexibility index (Phi) is 6.70. The van der Waals surface area contributed by atoms with Crippen molar-refractivity contribution in [1.82, 2.24) is 0 Å². The van der Waals surface area contributed by atoms with Gasteiger partial charge in [0.05, 0.1) is 14.2 Å². The van der Waals surface area contributed by atoms with Gasteiger partial charge in [-0.25, -0.2) is 0 Å². The molecule has 0 amide bonds. The van der Waals surface area contributed by atoms with Crippen LogP contribution in [0.2, 0.25) is 0 Å². The van der Waals surface area contributed by atoms with Crippen LogP contribution in [0.25, 0.3) is 0 Å². The Labute approximate surface area is 173 Å². The molecular formula is C20H24O2S4. The molecule has 0 radical (unpaired) electrons. The summed E-state index contributed by atoms with van der Waals surface area (Å²) < 4.78 is 10.6. The van der Waals surface area contributed by atoms with Gasteiger partial charge in [0.2, 0.25) is 0 Å². The highest BCUT2D eigenvalue weighted by Crippen LogP contribution is 2.69. The van der Waals surface area contributed by atoms with Gasteiger partial charge in [-0.2, -0.15) is 0 Å². The van der Waals surface area contributed by atoms with Crippen LogP contribution in [0.1, 0.15) is 11.1 Å². The minimum absolute atomic E-state index is 0.0732. The van der Waals surface area contributed by atoms with Crippen molar-refractivity contribution >= 4 is 47.0 Å². The Hall–Kier alpha value is -0.560. The Morgan fingerprint density at radius 3 is 1.31 bits per heavy atom. The summed E-state index contributed by atoms with van der Waals surface area (Å²) in [4.78, 5) is 0. The molecule has 2 aromatic rings. The molecule has 1 aliphatic heterocycles. The fraction of sp³-hybridized carbons (Fsp3) is 0.400. The third-order valence-corrected chi connectivity index (χ3v) is 12.1. The number of rotatable bonds is 6. The molecule has 1 saturated heterocycles. The molecule has 26 heavy (non-hydrogen) atoms. The van der Waals surface area contributed by atoms with Gasteiger partial charge in [-0.05, 0) is 47.9 Å². The van der Waals surface area contributed by atoms with Gasteiger partial charge in [-0.1, -0.05) is 24.3 Å². The lowest BCUT2D eigenvalue weighted by atomic mass is 10.0. The molecule has 2 atom stereocenters. The molecule has 3 rings (SSSR count). The van der Waals surface area contributed by atoms with Crippen molar-refractivity contribution in [1.29, 1.82) is 0 Å². The van der Waals surface area contributed by atoms with Crippen molar-refractivity contribution in [2.24, 2.45) is 0 Å². The van der Waals surface area contributed by atoms with Gasteiger partial charge >= 0.3 is 0 Å². The molecule has 0 N–H and O–H groups in total. The Balaban J connectivity index is 2.14. The predicted molar refractivity (Wildman–Crippen MR) is 121 cm³/mol. The van der Waals surface area contributed by atoms with Gasteiger partial charge < -0.3 is 9.47 Å². The first-order valence-electron chi connectivity index (χ1n) is 8.33. The lowest BCUT2D eigenvalue weighted by Gasteiger charge is -2.51. The van der Waals surface area contributed by atoms with Crippen molar-refractivity contribution in [3.05, 3.63) is 59.7 Å². The summed E-state index contributed by atoms with van der Waals surface area (Å²) in [5, 5.41) is 0. The Morgan fingerprint density at radius 1 is 0.692 bits per heavy atom. The summed E-state index contributed by atoms with van der Waals surface area (Å²) in [5.74, 6) is 4.10. The minimum Gasteiger partial charge on any atom is -0.497 e. The number of ether oxygens (including phenoxy) is 2.